The maximum Gasteiger partial charge on any atom is 0.337 e. The molecule has 170 valence electrons. The minimum atomic E-state index is -4.28. The van der Waals surface area contributed by atoms with E-state index in [0.717, 1.165) is 11.3 Å². The molecule has 0 unspecified atom stereocenters. The topological polar surface area (TPSA) is 157 Å². The van der Waals surface area contributed by atoms with E-state index < -0.39 is 21.9 Å². The number of carbonyl (C=O) groups is 2. The van der Waals surface area contributed by atoms with E-state index in [1.54, 1.807) is 0 Å². The number of ether oxygens (including phenoxy) is 2. The molecule has 3 aromatic rings. The van der Waals surface area contributed by atoms with Crippen molar-refractivity contribution in [3.8, 4) is 11.5 Å². The number of carboxylic acids is 1. The minimum Gasteiger partial charge on any atom is -0.493 e. The summed E-state index contributed by atoms with van der Waals surface area (Å²) in [5, 5.41) is 16.8. The minimum absolute atomic E-state index is 0.0220. The Kier molecular flexibility index (Phi) is 6.62. The molecule has 11 nitrogen and oxygen atoms in total. The number of sulfonamides is 1. The maximum absolute atomic E-state index is 12.9. The molecule has 2 heterocycles. The fraction of sp³-hybridized carbons (Fsp3) is 0.167. The summed E-state index contributed by atoms with van der Waals surface area (Å²) in [4.78, 5) is 24.0. The number of halogens is 1. The van der Waals surface area contributed by atoms with Gasteiger partial charge >= 0.3 is 5.97 Å². The van der Waals surface area contributed by atoms with Gasteiger partial charge in [-0.2, -0.15) is 0 Å². The number of aromatic nitrogens is 1. The summed E-state index contributed by atoms with van der Waals surface area (Å²) in [6.45, 7) is 1.52. The largest absolute Gasteiger partial charge is 0.493 e. The molecular formula is C18H16ClN3O8S2. The lowest BCUT2D eigenvalue weighted by molar-refractivity contribution is 0.0697. The summed E-state index contributed by atoms with van der Waals surface area (Å²) < 4.78 is 42.8. The number of hydrogen-bond acceptors (Lipinski definition) is 9. The van der Waals surface area contributed by atoms with Gasteiger partial charge in [0, 0.05) is 12.1 Å². The van der Waals surface area contributed by atoms with Gasteiger partial charge in [-0.1, -0.05) is 16.8 Å². The molecule has 2 aromatic heterocycles. The van der Waals surface area contributed by atoms with Crippen LogP contribution in [0.5, 0.6) is 11.5 Å². The van der Waals surface area contributed by atoms with Crippen molar-refractivity contribution < 1.29 is 37.1 Å². The molecule has 0 saturated heterocycles. The summed E-state index contributed by atoms with van der Waals surface area (Å²) in [5.41, 5.74) is -0.111. The van der Waals surface area contributed by atoms with Crippen LogP contribution in [0, 0.1) is 6.92 Å². The van der Waals surface area contributed by atoms with Gasteiger partial charge < -0.3 is 24.4 Å². The Hall–Kier alpha value is -3.29. The molecule has 0 spiro atoms. The molecule has 0 atom stereocenters. The lowest BCUT2D eigenvalue weighted by Crippen LogP contribution is -2.19. The number of nitrogens with one attached hydrogen (secondary N) is 2. The third kappa shape index (κ3) is 4.49. The van der Waals surface area contributed by atoms with E-state index in [1.807, 2.05) is 0 Å². The van der Waals surface area contributed by atoms with Crippen molar-refractivity contribution in [1.82, 2.24) is 5.16 Å². The monoisotopic (exact) mass is 501 g/mol. The van der Waals surface area contributed by atoms with Gasteiger partial charge in [-0.05, 0) is 18.4 Å². The second-order valence-corrected chi connectivity index (χ2v) is 9.09. The molecule has 0 saturated carbocycles. The molecule has 0 bridgehead atoms. The Bertz CT molecular complexity index is 1300. The van der Waals surface area contributed by atoms with E-state index in [9.17, 15) is 23.1 Å². The van der Waals surface area contributed by atoms with Crippen molar-refractivity contribution in [2.24, 2.45) is 0 Å². The number of nitrogens with zero attached hydrogens (tertiary/aromatic N) is 1. The lowest BCUT2D eigenvalue weighted by atomic mass is 10.1. The van der Waals surface area contributed by atoms with Gasteiger partial charge in [0.2, 0.25) is 0 Å². The first-order valence-corrected chi connectivity index (χ1v) is 11.4. The third-order valence-electron chi connectivity index (χ3n) is 4.15. The van der Waals surface area contributed by atoms with Crippen LogP contribution in [0.15, 0.2) is 33.0 Å². The average Bonchev–Trinajstić information content (AvgIpc) is 3.36. The van der Waals surface area contributed by atoms with E-state index in [4.69, 9.17) is 25.6 Å². The summed E-state index contributed by atoms with van der Waals surface area (Å²) in [6.07, 6.45) is 0. The summed E-state index contributed by atoms with van der Waals surface area (Å²) in [6, 6.07) is 3.65. The molecule has 0 fully saturated rings. The predicted octanol–water partition coefficient (Wildman–Crippen LogP) is 3.47. The lowest BCUT2D eigenvalue weighted by Gasteiger charge is -2.14. The van der Waals surface area contributed by atoms with Gasteiger partial charge in [0.25, 0.3) is 21.8 Å². The number of benzene rings is 1. The predicted molar refractivity (Wildman–Crippen MR) is 116 cm³/mol. The molecule has 0 aliphatic rings. The molecule has 1 amide bonds. The van der Waals surface area contributed by atoms with Crippen LogP contribution in [0.2, 0.25) is 5.02 Å². The van der Waals surface area contributed by atoms with E-state index in [2.05, 4.69) is 15.2 Å². The van der Waals surface area contributed by atoms with Crippen molar-refractivity contribution in [2.45, 2.75) is 11.8 Å². The molecule has 3 N–H and O–H groups in total. The molecule has 0 aliphatic carbocycles. The molecule has 0 aliphatic heterocycles. The molecule has 0 radical (unpaired) electrons. The van der Waals surface area contributed by atoms with Crippen LogP contribution in [-0.2, 0) is 10.0 Å². The van der Waals surface area contributed by atoms with Crippen LogP contribution in [0.4, 0.5) is 11.6 Å². The quantitative estimate of drug-likeness (QED) is 0.420. The number of thiophene rings is 1. The van der Waals surface area contributed by atoms with E-state index in [-0.39, 0.29) is 49.1 Å². The Labute approximate surface area is 190 Å². The van der Waals surface area contributed by atoms with Crippen molar-refractivity contribution >= 4 is 56.4 Å². The van der Waals surface area contributed by atoms with E-state index in [0.29, 0.717) is 0 Å². The number of anilines is 2. The van der Waals surface area contributed by atoms with Crippen molar-refractivity contribution in [1.29, 1.82) is 0 Å². The average molecular weight is 502 g/mol. The van der Waals surface area contributed by atoms with Gasteiger partial charge in [0.05, 0.1) is 25.5 Å². The van der Waals surface area contributed by atoms with Crippen LogP contribution in [0.3, 0.4) is 0 Å². The number of carboxylic acid groups (broad SMARTS) is 1. The van der Waals surface area contributed by atoms with Gasteiger partial charge in [-0.25, -0.2) is 17.9 Å². The van der Waals surface area contributed by atoms with Crippen molar-refractivity contribution in [3.63, 3.8) is 0 Å². The summed E-state index contributed by atoms with van der Waals surface area (Å²) in [7, 11) is -1.60. The Morgan fingerprint density at radius 1 is 1.22 bits per heavy atom. The highest BCUT2D eigenvalue weighted by Crippen LogP contribution is 2.35. The first kappa shape index (κ1) is 23.4. The second kappa shape index (κ2) is 9.06. The van der Waals surface area contributed by atoms with Crippen LogP contribution in [0.25, 0.3) is 0 Å². The molecule has 14 heteroatoms. The Morgan fingerprint density at radius 3 is 2.44 bits per heavy atom. The van der Waals surface area contributed by atoms with Gasteiger partial charge in [0.1, 0.15) is 20.5 Å². The number of aryl methyl sites for hydroxylation is 1. The zero-order valence-electron chi connectivity index (χ0n) is 16.8. The highest BCUT2D eigenvalue weighted by molar-refractivity contribution is 7.93. The molecule has 1 aromatic carbocycles. The van der Waals surface area contributed by atoms with E-state index in [1.165, 1.54) is 44.7 Å². The number of carbonyl (C=O) groups excluding carboxylic acids is 1. The first-order valence-electron chi connectivity index (χ1n) is 8.61. The number of rotatable bonds is 8. The number of aromatic carboxylic acids is 1. The molecule has 32 heavy (non-hydrogen) atoms. The highest BCUT2D eigenvalue weighted by atomic mass is 35.5. The van der Waals surface area contributed by atoms with Crippen molar-refractivity contribution in [3.05, 3.63) is 44.7 Å². The molecule has 3 rings (SSSR count). The van der Waals surface area contributed by atoms with Crippen LogP contribution in [0.1, 0.15) is 25.7 Å². The third-order valence-corrected chi connectivity index (χ3v) is 7.01. The standard InChI is InChI=1S/C18H16ClN3O8S2/c1-8-14(19)17(30-21-8)22-32(26,27)13-4-5-31-15(13)16(23)20-10-7-12(29-3)11(28-2)6-9(10)18(24)25/h4-7,22H,1-3H3,(H,20,23)(H,24,25). The van der Waals surface area contributed by atoms with Crippen molar-refractivity contribution in [2.75, 3.05) is 24.3 Å². The summed E-state index contributed by atoms with van der Waals surface area (Å²) in [5.74, 6) is -2.17. The SMILES string of the molecule is COc1cc(NC(=O)c2sccc2S(=O)(=O)Nc2onc(C)c2Cl)c(C(=O)O)cc1OC. The van der Waals surface area contributed by atoms with Crippen LogP contribution < -0.4 is 19.5 Å². The maximum atomic E-state index is 12.9. The normalized spacial score (nSPS) is 11.1. The van der Waals surface area contributed by atoms with Gasteiger partial charge in [0.15, 0.2) is 11.5 Å². The fourth-order valence-electron chi connectivity index (χ4n) is 2.61. The Morgan fingerprint density at radius 2 is 1.88 bits per heavy atom. The number of hydrogen-bond donors (Lipinski definition) is 3. The fourth-order valence-corrected chi connectivity index (χ4v) is 5.10. The first-order chi connectivity index (χ1) is 15.1. The zero-order valence-corrected chi connectivity index (χ0v) is 19.1. The van der Waals surface area contributed by atoms with Crippen LogP contribution in [-0.4, -0.2) is 44.8 Å². The van der Waals surface area contributed by atoms with Gasteiger partial charge in [-0.3, -0.25) is 4.79 Å². The summed E-state index contributed by atoms with van der Waals surface area (Å²) >= 11 is 6.79. The smallest absolute Gasteiger partial charge is 0.337 e. The number of amides is 1. The second-order valence-electron chi connectivity index (χ2n) is 6.14. The zero-order chi connectivity index (χ0) is 23.6. The van der Waals surface area contributed by atoms with E-state index >= 15 is 0 Å². The van der Waals surface area contributed by atoms with Gasteiger partial charge in [-0.15, -0.1) is 11.3 Å². The number of methoxy groups -OCH3 is 2. The Balaban J connectivity index is 1.95. The highest BCUT2D eigenvalue weighted by Gasteiger charge is 2.28. The van der Waals surface area contributed by atoms with Crippen LogP contribution >= 0.6 is 22.9 Å². The molecular weight excluding hydrogens is 486 g/mol.